The second-order valence-electron chi connectivity index (χ2n) is 4.02. The van der Waals surface area contributed by atoms with Gasteiger partial charge in [-0.1, -0.05) is 0 Å². The monoisotopic (exact) mass is 387 g/mol. The first kappa shape index (κ1) is 20.1. The molecule has 2 heterocycles. The lowest BCUT2D eigenvalue weighted by molar-refractivity contribution is -0.471. The van der Waals surface area contributed by atoms with Crippen LogP contribution in [0.5, 0.6) is 0 Å². The van der Waals surface area contributed by atoms with Crippen molar-refractivity contribution in [3.05, 3.63) is 40.5 Å². The summed E-state index contributed by atoms with van der Waals surface area (Å²) in [6, 6.07) is 0. The Morgan fingerprint density at radius 1 is 0.778 bits per heavy atom. The van der Waals surface area contributed by atoms with Crippen molar-refractivity contribution in [3.8, 4) is 11.6 Å². The molecule has 0 bridgehead atoms. The molecule has 0 saturated carbocycles. The zero-order chi connectivity index (χ0) is 20.9. The van der Waals surface area contributed by atoms with Crippen LogP contribution in [-0.2, 0) is 0 Å². The number of hydrazine groups is 1. The molecule has 0 unspecified atom stereocenters. The fourth-order valence-electron chi connectivity index (χ4n) is 1.34. The van der Waals surface area contributed by atoms with Gasteiger partial charge in [-0.15, -0.1) is 0 Å². The van der Waals surface area contributed by atoms with Crippen LogP contribution < -0.4 is 32.4 Å². The molecule has 0 aromatic carbocycles. The van der Waals surface area contributed by atoms with Gasteiger partial charge in [0.2, 0.25) is 23.3 Å². The second-order valence-corrected chi connectivity index (χ2v) is 4.02. The van der Waals surface area contributed by atoms with Crippen LogP contribution in [0.1, 0.15) is 0 Å². The highest BCUT2D eigenvalue weighted by Crippen LogP contribution is 2.29. The third-order valence-corrected chi connectivity index (χ3v) is 2.31. The van der Waals surface area contributed by atoms with Gasteiger partial charge in [0.05, 0.1) is 0 Å². The fourth-order valence-corrected chi connectivity index (χ4v) is 1.34. The summed E-state index contributed by atoms with van der Waals surface area (Å²) >= 11 is 0. The van der Waals surface area contributed by atoms with Crippen LogP contribution in [0, 0.1) is 40.5 Å². The van der Waals surface area contributed by atoms with Crippen molar-refractivity contribution in [1.82, 2.24) is 19.9 Å². The molecule has 144 valence electrons. The van der Waals surface area contributed by atoms with E-state index in [2.05, 4.69) is 25.8 Å². The Morgan fingerprint density at radius 3 is 1.22 bits per heavy atom. The minimum atomic E-state index is -1.24. The molecule has 0 amide bonds. The Labute approximate surface area is 144 Å². The number of hydrogen-bond donors (Lipinski definition) is 4. The largest absolute Gasteiger partial charge is 0.459 e. The molecule has 2 aromatic heterocycles. The number of nitrogens with zero attached hydrogens (tertiary/aromatic N) is 8. The standard InChI is InChI=1S/C6N8O8.CH6N4/c15-11(16)3-4(12(17)18)8-1(7-3)2-9-5(13(19)20)6(10-2)14(21)22;2-1(3)5-4/h;4H2,(H4,2,3,5)/q-2;/p+1. The molecule has 0 fully saturated rings. The van der Waals surface area contributed by atoms with Crippen LogP contribution in [0.15, 0.2) is 0 Å². The molecule has 0 saturated heterocycles. The number of guanidine groups is 1. The van der Waals surface area contributed by atoms with E-state index in [0.717, 1.165) is 0 Å². The second kappa shape index (κ2) is 7.77. The van der Waals surface area contributed by atoms with E-state index in [1.165, 1.54) is 0 Å². The quantitative estimate of drug-likeness (QED) is 0.124. The summed E-state index contributed by atoms with van der Waals surface area (Å²) in [5, 5.41) is 44.4. The molecule has 0 atom stereocenters. The molecule has 0 aliphatic rings. The number of hydrazone groups is 1. The van der Waals surface area contributed by atoms with Crippen LogP contribution in [0.3, 0.4) is 0 Å². The Kier molecular flexibility index (Phi) is 5.80. The number of aromatic nitrogens is 4. The molecule has 0 aliphatic heterocycles. The fraction of sp³-hybridized carbons (Fsp3) is 0. The topological polar surface area (TPSA) is 319 Å². The van der Waals surface area contributed by atoms with Crippen molar-refractivity contribution in [1.29, 1.82) is 0 Å². The Bertz CT molecular complexity index is 806. The summed E-state index contributed by atoms with van der Waals surface area (Å²) in [6.45, 7) is 0. The third kappa shape index (κ3) is 4.55. The lowest BCUT2D eigenvalue weighted by Gasteiger charge is -2.00. The molecule has 2 aromatic rings. The Morgan fingerprint density at radius 2 is 1.07 bits per heavy atom. The zero-order valence-corrected chi connectivity index (χ0v) is 12.6. The van der Waals surface area contributed by atoms with Gasteiger partial charge in [-0.05, 0) is 9.85 Å². The van der Waals surface area contributed by atoms with E-state index in [0.29, 0.717) is 0 Å². The molecule has 20 nitrogen and oxygen atoms in total. The van der Waals surface area contributed by atoms with Gasteiger partial charge in [0, 0.05) is 0 Å². The van der Waals surface area contributed by atoms with Crippen molar-refractivity contribution < 1.29 is 24.8 Å². The van der Waals surface area contributed by atoms with Gasteiger partial charge in [-0.2, -0.15) is 34.9 Å². The van der Waals surface area contributed by atoms with Crippen molar-refractivity contribution >= 4 is 29.2 Å². The normalized spacial score (nSPS) is 9.63. The summed E-state index contributed by atoms with van der Waals surface area (Å²) in [5.74, 6) is -1.92. The number of nitrogens with one attached hydrogen (secondary N) is 1. The number of nitrogens with two attached hydrogens (primary N) is 3. The van der Waals surface area contributed by atoms with E-state index in [1.54, 1.807) is 0 Å². The van der Waals surface area contributed by atoms with E-state index in [-0.39, 0.29) is 5.96 Å². The smallest absolute Gasteiger partial charge is 0.360 e. The van der Waals surface area contributed by atoms with Crippen LogP contribution >= 0.6 is 0 Å². The third-order valence-electron chi connectivity index (χ3n) is 2.31. The first-order valence-electron chi connectivity index (χ1n) is 6.01. The van der Waals surface area contributed by atoms with Crippen molar-refractivity contribution in [2.45, 2.75) is 0 Å². The van der Waals surface area contributed by atoms with Gasteiger partial charge in [-0.3, -0.25) is 17.3 Å². The van der Waals surface area contributed by atoms with E-state index in [4.69, 9.17) is 11.5 Å². The van der Waals surface area contributed by atoms with Gasteiger partial charge in [0.15, 0.2) is 0 Å². The van der Waals surface area contributed by atoms with Crippen LogP contribution in [0.25, 0.3) is 11.6 Å². The van der Waals surface area contributed by atoms with Crippen molar-refractivity contribution in [3.63, 3.8) is 0 Å². The molecule has 0 radical (unpaired) electrons. The van der Waals surface area contributed by atoms with Crippen LogP contribution in [0.4, 0.5) is 23.3 Å². The minimum absolute atomic E-state index is 0.0324. The molecule has 0 spiro atoms. The zero-order valence-electron chi connectivity index (χ0n) is 12.6. The summed E-state index contributed by atoms with van der Waals surface area (Å²) < 4.78 is 0. The summed E-state index contributed by atoms with van der Waals surface area (Å²) in [6.07, 6.45) is 0. The molecular formula is C7H7N12O8-. The molecule has 7 N–H and O–H groups in total. The van der Waals surface area contributed by atoms with Crippen molar-refractivity contribution in [2.24, 2.45) is 17.3 Å². The summed E-state index contributed by atoms with van der Waals surface area (Å²) in [7, 11) is 0. The lowest BCUT2D eigenvalue weighted by Crippen LogP contribution is -2.84. The van der Waals surface area contributed by atoms with Gasteiger partial charge >= 0.3 is 17.6 Å². The van der Waals surface area contributed by atoms with E-state index in [9.17, 15) is 40.5 Å². The number of nitro groups is 4. The minimum Gasteiger partial charge on any atom is -0.459 e. The number of imidazole rings is 2. The predicted octanol–water partition coefficient (Wildman–Crippen LogP) is -4.10. The first-order chi connectivity index (χ1) is 12.5. The summed E-state index contributed by atoms with van der Waals surface area (Å²) in [4.78, 5) is 50.2. The van der Waals surface area contributed by atoms with Crippen LogP contribution in [-0.4, -0.2) is 35.6 Å². The van der Waals surface area contributed by atoms with Crippen molar-refractivity contribution in [2.75, 3.05) is 0 Å². The highest BCUT2D eigenvalue weighted by Gasteiger charge is 2.25. The Hall–Kier alpha value is -4.91. The maximum Gasteiger partial charge on any atom is 0.360 e. The SMILES string of the molecule is N[NH+]=C(N)N.O=[N+]([O-])c1nc(-c2nc([N+](=O)[O-])c([N+](=O)[O-])[n-]2)[n-]c1[N+](=O)[O-]. The molecular weight excluding hydrogens is 380 g/mol. The van der Waals surface area contributed by atoms with E-state index in [1.807, 2.05) is 5.10 Å². The van der Waals surface area contributed by atoms with Gasteiger partial charge in [0.25, 0.3) is 0 Å². The molecule has 27 heavy (non-hydrogen) atoms. The average Bonchev–Trinajstić information content (AvgIpc) is 3.19. The number of rotatable bonds is 5. The lowest BCUT2D eigenvalue weighted by atomic mass is 10.6. The molecule has 20 heteroatoms. The number of hydrogen-bond acceptors (Lipinski definition) is 11. The first-order valence-corrected chi connectivity index (χ1v) is 6.01. The summed E-state index contributed by atoms with van der Waals surface area (Å²) in [5.41, 5.74) is 9.50. The van der Waals surface area contributed by atoms with Crippen LogP contribution in [0.2, 0.25) is 0 Å². The average molecular weight is 387 g/mol. The highest BCUT2D eigenvalue weighted by atomic mass is 16.6. The highest BCUT2D eigenvalue weighted by molar-refractivity contribution is 5.68. The Balaban J connectivity index is 0.000000646. The van der Waals surface area contributed by atoms with E-state index >= 15 is 0 Å². The van der Waals surface area contributed by atoms with Gasteiger partial charge in [-0.25, -0.2) is 0 Å². The predicted molar refractivity (Wildman–Crippen MR) is 79.3 cm³/mol. The molecule has 2 rings (SSSR count). The van der Waals surface area contributed by atoms with Gasteiger partial charge < -0.3 is 40.5 Å². The maximum atomic E-state index is 10.6. The maximum absolute atomic E-state index is 10.6. The van der Waals surface area contributed by atoms with E-state index < -0.39 is 54.6 Å². The molecule has 0 aliphatic carbocycles. The van der Waals surface area contributed by atoms with Gasteiger partial charge in [0.1, 0.15) is 0 Å².